The monoisotopic (exact) mass is 256 g/mol. The summed E-state index contributed by atoms with van der Waals surface area (Å²) in [6.07, 6.45) is 3.09. The summed E-state index contributed by atoms with van der Waals surface area (Å²) in [5.74, 6) is -0.943. The molecule has 1 heterocycles. The molecule has 1 amide bonds. The van der Waals surface area contributed by atoms with Gasteiger partial charge in [-0.3, -0.25) is 9.59 Å². The number of carbonyl (C=O) groups is 2. The van der Waals surface area contributed by atoms with Crippen LogP contribution in [-0.4, -0.2) is 53.2 Å². The summed E-state index contributed by atoms with van der Waals surface area (Å²) in [5.41, 5.74) is 5.70. The van der Waals surface area contributed by atoms with Gasteiger partial charge in [0.1, 0.15) is 0 Å². The second kappa shape index (κ2) is 5.24. The fourth-order valence-corrected chi connectivity index (χ4v) is 2.56. The van der Waals surface area contributed by atoms with E-state index in [2.05, 4.69) is 0 Å². The lowest BCUT2D eigenvalue weighted by Crippen LogP contribution is -2.55. The third-order valence-electron chi connectivity index (χ3n) is 3.81. The van der Waals surface area contributed by atoms with Gasteiger partial charge in [-0.15, -0.1) is 0 Å². The summed E-state index contributed by atoms with van der Waals surface area (Å²) < 4.78 is 5.25. The van der Waals surface area contributed by atoms with Crippen LogP contribution in [0.4, 0.5) is 0 Å². The predicted molar refractivity (Wildman–Crippen MR) is 64.0 cm³/mol. The number of hydrogen-bond acceptors (Lipinski definition) is 4. The van der Waals surface area contributed by atoms with Crippen LogP contribution in [-0.2, 0) is 14.3 Å². The Morgan fingerprint density at radius 2 is 2.17 bits per heavy atom. The molecule has 3 N–H and O–H groups in total. The maximum atomic E-state index is 12.2. The van der Waals surface area contributed by atoms with Crippen LogP contribution in [0, 0.1) is 0 Å². The first-order chi connectivity index (χ1) is 8.50. The number of morpholine rings is 1. The molecule has 1 saturated heterocycles. The highest BCUT2D eigenvalue weighted by Crippen LogP contribution is 2.33. The Hall–Kier alpha value is -1.14. The molecule has 1 unspecified atom stereocenters. The molecule has 2 aliphatic rings. The number of carbonyl (C=O) groups excluding carboxylic acids is 1. The molecule has 2 fully saturated rings. The van der Waals surface area contributed by atoms with E-state index in [1.807, 2.05) is 0 Å². The van der Waals surface area contributed by atoms with Crippen molar-refractivity contribution in [3.05, 3.63) is 0 Å². The fourth-order valence-electron chi connectivity index (χ4n) is 2.56. The average Bonchev–Trinajstić information content (AvgIpc) is 2.26. The summed E-state index contributed by atoms with van der Waals surface area (Å²) in [6, 6.07) is -0.354. The van der Waals surface area contributed by atoms with Crippen molar-refractivity contribution in [3.8, 4) is 0 Å². The van der Waals surface area contributed by atoms with Crippen LogP contribution >= 0.6 is 0 Å². The minimum Gasteiger partial charge on any atom is -0.481 e. The van der Waals surface area contributed by atoms with Gasteiger partial charge in [-0.05, 0) is 19.3 Å². The molecule has 0 aromatic rings. The van der Waals surface area contributed by atoms with Crippen molar-refractivity contribution >= 4 is 11.9 Å². The number of carboxylic acids is 1. The van der Waals surface area contributed by atoms with E-state index in [0.29, 0.717) is 26.2 Å². The smallest absolute Gasteiger partial charge is 0.305 e. The highest BCUT2D eigenvalue weighted by molar-refractivity contribution is 5.79. The van der Waals surface area contributed by atoms with Crippen molar-refractivity contribution in [3.63, 3.8) is 0 Å². The molecule has 1 saturated carbocycles. The van der Waals surface area contributed by atoms with Crippen LogP contribution in [0.1, 0.15) is 32.1 Å². The van der Waals surface area contributed by atoms with E-state index in [9.17, 15) is 9.59 Å². The molecule has 6 nitrogen and oxygen atoms in total. The average molecular weight is 256 g/mol. The Labute approximate surface area is 106 Å². The second-order valence-corrected chi connectivity index (χ2v) is 5.31. The van der Waals surface area contributed by atoms with Crippen molar-refractivity contribution in [2.45, 2.75) is 43.7 Å². The lowest BCUT2D eigenvalue weighted by molar-refractivity contribution is -0.147. The Bertz CT molecular complexity index is 341. The summed E-state index contributed by atoms with van der Waals surface area (Å²) in [5, 5.41) is 8.84. The molecular formula is C12H20N2O4. The molecule has 0 bridgehead atoms. The third kappa shape index (κ3) is 3.00. The highest BCUT2D eigenvalue weighted by atomic mass is 16.5. The highest BCUT2D eigenvalue weighted by Gasteiger charge is 2.38. The summed E-state index contributed by atoms with van der Waals surface area (Å²) in [4.78, 5) is 24.6. The number of rotatable bonds is 4. The van der Waals surface area contributed by atoms with E-state index >= 15 is 0 Å². The maximum absolute atomic E-state index is 12.2. The number of amides is 1. The number of nitrogens with two attached hydrogens (primary N) is 1. The minimum atomic E-state index is -0.908. The van der Waals surface area contributed by atoms with E-state index in [-0.39, 0.29) is 23.9 Å². The summed E-state index contributed by atoms with van der Waals surface area (Å²) in [6.45, 7) is 1.24. The number of hydrogen-bond donors (Lipinski definition) is 2. The van der Waals surface area contributed by atoms with Crippen molar-refractivity contribution in [2.75, 3.05) is 19.8 Å². The van der Waals surface area contributed by atoms with E-state index < -0.39 is 5.97 Å². The predicted octanol–water partition coefficient (Wildman–Crippen LogP) is -0.0400. The molecule has 2 rings (SSSR count). The second-order valence-electron chi connectivity index (χ2n) is 5.31. The molecule has 1 atom stereocenters. The Balaban J connectivity index is 1.94. The van der Waals surface area contributed by atoms with Crippen LogP contribution in [0.5, 0.6) is 0 Å². The number of nitrogens with zero attached hydrogens (tertiary/aromatic N) is 1. The molecule has 102 valence electrons. The standard InChI is InChI=1S/C12H20N2O4/c13-12(2-1-3-12)7-10(15)14-4-5-18-8-9(14)6-11(16)17/h9H,1-8,13H2,(H,16,17). The first kappa shape index (κ1) is 13.3. The van der Waals surface area contributed by atoms with E-state index in [1.54, 1.807) is 4.90 Å². The largest absolute Gasteiger partial charge is 0.481 e. The third-order valence-corrected chi connectivity index (χ3v) is 3.81. The van der Waals surface area contributed by atoms with Gasteiger partial charge >= 0.3 is 5.97 Å². The van der Waals surface area contributed by atoms with Crippen LogP contribution in [0.15, 0.2) is 0 Å². The van der Waals surface area contributed by atoms with Crippen LogP contribution < -0.4 is 5.73 Å². The van der Waals surface area contributed by atoms with Gasteiger partial charge in [0.25, 0.3) is 0 Å². The summed E-state index contributed by atoms with van der Waals surface area (Å²) in [7, 11) is 0. The Morgan fingerprint density at radius 3 is 2.72 bits per heavy atom. The maximum Gasteiger partial charge on any atom is 0.305 e. The first-order valence-electron chi connectivity index (χ1n) is 6.38. The molecular weight excluding hydrogens is 236 g/mol. The lowest BCUT2D eigenvalue weighted by atomic mass is 9.75. The van der Waals surface area contributed by atoms with E-state index in [0.717, 1.165) is 19.3 Å². The molecule has 0 aromatic heterocycles. The minimum absolute atomic E-state index is 0.0354. The zero-order chi connectivity index (χ0) is 13.2. The Kier molecular flexibility index (Phi) is 3.87. The van der Waals surface area contributed by atoms with Crippen LogP contribution in [0.3, 0.4) is 0 Å². The van der Waals surface area contributed by atoms with Gasteiger partial charge < -0.3 is 20.5 Å². The number of ether oxygens (including phenoxy) is 1. The first-order valence-corrected chi connectivity index (χ1v) is 6.38. The normalized spacial score (nSPS) is 26.5. The van der Waals surface area contributed by atoms with Gasteiger partial charge in [-0.2, -0.15) is 0 Å². The molecule has 1 aliphatic carbocycles. The lowest BCUT2D eigenvalue weighted by Gasteiger charge is -2.41. The van der Waals surface area contributed by atoms with Crippen molar-refractivity contribution in [1.82, 2.24) is 4.90 Å². The van der Waals surface area contributed by atoms with Gasteiger partial charge in [0.15, 0.2) is 0 Å². The van der Waals surface area contributed by atoms with Crippen molar-refractivity contribution in [1.29, 1.82) is 0 Å². The molecule has 1 aliphatic heterocycles. The Morgan fingerprint density at radius 1 is 1.44 bits per heavy atom. The van der Waals surface area contributed by atoms with Crippen LogP contribution in [0.25, 0.3) is 0 Å². The quantitative estimate of drug-likeness (QED) is 0.736. The fraction of sp³-hybridized carbons (Fsp3) is 0.833. The zero-order valence-corrected chi connectivity index (χ0v) is 10.4. The van der Waals surface area contributed by atoms with Crippen molar-refractivity contribution < 1.29 is 19.4 Å². The van der Waals surface area contributed by atoms with Gasteiger partial charge in [-0.25, -0.2) is 0 Å². The van der Waals surface area contributed by atoms with Crippen LogP contribution in [0.2, 0.25) is 0 Å². The van der Waals surface area contributed by atoms with Gasteiger partial charge in [-0.1, -0.05) is 0 Å². The zero-order valence-electron chi connectivity index (χ0n) is 10.4. The number of aliphatic carboxylic acids is 1. The molecule has 18 heavy (non-hydrogen) atoms. The molecule has 0 spiro atoms. The molecule has 6 heteroatoms. The number of carboxylic acid groups (broad SMARTS) is 1. The van der Waals surface area contributed by atoms with Gasteiger partial charge in [0.05, 0.1) is 25.7 Å². The summed E-state index contributed by atoms with van der Waals surface area (Å²) >= 11 is 0. The van der Waals surface area contributed by atoms with Gasteiger partial charge in [0.2, 0.25) is 5.91 Å². The SMILES string of the molecule is NC1(CC(=O)N2CCOCC2CC(=O)O)CCC1. The van der Waals surface area contributed by atoms with Gasteiger partial charge in [0, 0.05) is 18.5 Å². The van der Waals surface area contributed by atoms with E-state index in [1.165, 1.54) is 0 Å². The topological polar surface area (TPSA) is 92.9 Å². The van der Waals surface area contributed by atoms with E-state index in [4.69, 9.17) is 15.6 Å². The van der Waals surface area contributed by atoms with Crippen molar-refractivity contribution in [2.24, 2.45) is 5.73 Å². The molecule has 0 radical (unpaired) electrons. The molecule has 0 aromatic carbocycles.